The zero-order chi connectivity index (χ0) is 16.7. The number of rotatable bonds is 0. The van der Waals surface area contributed by atoms with Gasteiger partial charge < -0.3 is 0 Å². The largest absolute Gasteiger partial charge is 2.00 e. The van der Waals surface area contributed by atoms with Gasteiger partial charge in [0.15, 0.2) is 0 Å². The van der Waals surface area contributed by atoms with Crippen LogP contribution in [0.2, 0.25) is 13.1 Å². The fourth-order valence-electron chi connectivity index (χ4n) is 2.32. The third kappa shape index (κ3) is 9.42. The molecule has 24 heavy (non-hydrogen) atoms. The van der Waals surface area contributed by atoms with Crippen LogP contribution in [0.5, 0.6) is 0 Å². The number of hydrogen-bond acceptors (Lipinski definition) is 0. The van der Waals surface area contributed by atoms with Crippen molar-refractivity contribution in [3.8, 4) is 0 Å². The second-order valence-corrected chi connectivity index (χ2v) is 7.33. The fraction of sp³-hybridized carbons (Fsp3) is 0.600. The van der Waals surface area contributed by atoms with Crippen LogP contribution in [0, 0.1) is 24.0 Å². The molecule has 0 saturated heterocycles. The van der Waals surface area contributed by atoms with Gasteiger partial charge in [0.1, 0.15) is 0 Å². The van der Waals surface area contributed by atoms with E-state index in [0.717, 1.165) is 9.52 Å². The first-order chi connectivity index (χ1) is 9.67. The van der Waals surface area contributed by atoms with Gasteiger partial charge in [-0.05, 0) is 0 Å². The van der Waals surface area contributed by atoms with Gasteiger partial charge in [-0.3, -0.25) is 21.6 Å². The molecule has 0 heterocycles. The van der Waals surface area contributed by atoms with Crippen molar-refractivity contribution in [1.29, 1.82) is 0 Å². The zero-order valence-corrected chi connectivity index (χ0v) is 20.7. The molecule has 0 spiro atoms. The molecule has 0 nitrogen and oxygen atoms in total. The molecular formula is C20H35F2SiZr. The van der Waals surface area contributed by atoms with Crippen LogP contribution >= 0.6 is 0 Å². The van der Waals surface area contributed by atoms with Crippen LogP contribution in [-0.2, 0) is 26.2 Å². The Morgan fingerprint density at radius 2 is 0.875 bits per heavy atom. The van der Waals surface area contributed by atoms with E-state index in [9.17, 15) is 0 Å². The monoisotopic (exact) mass is 431 g/mol. The maximum absolute atomic E-state index is 3.36. The average molecular weight is 433 g/mol. The van der Waals surface area contributed by atoms with Gasteiger partial charge in [0.05, 0.1) is 0 Å². The van der Waals surface area contributed by atoms with Gasteiger partial charge in [-0.25, -0.2) is 11.1 Å². The van der Waals surface area contributed by atoms with Gasteiger partial charge in [0.2, 0.25) is 0 Å². The maximum Gasteiger partial charge on any atom is 2.00 e. The molecule has 4 heteroatoms. The molecule has 0 amide bonds. The number of allylic oxidation sites excluding steroid dienone is 8. The van der Waals surface area contributed by atoms with Crippen LogP contribution < -0.4 is 0 Å². The minimum atomic E-state index is 0. The Morgan fingerprint density at radius 3 is 0.917 bits per heavy atom. The summed E-state index contributed by atoms with van der Waals surface area (Å²) in [6.45, 7) is 21.8. The smallest absolute Gasteiger partial charge is 0.269 e. The summed E-state index contributed by atoms with van der Waals surface area (Å²) in [5, 5.41) is 0. The summed E-state index contributed by atoms with van der Waals surface area (Å²) >= 11 is 0. The Bertz CT molecular complexity index is 444. The number of hydrogen-bond donors (Lipinski definition) is 0. The second-order valence-electron chi connectivity index (χ2n) is 6.18. The van der Waals surface area contributed by atoms with E-state index in [-0.39, 0.29) is 35.6 Å². The van der Waals surface area contributed by atoms with E-state index in [1.165, 1.54) is 33.4 Å². The molecule has 0 aromatic rings. The van der Waals surface area contributed by atoms with Gasteiger partial charge in [0.25, 0.3) is 0 Å². The molecule has 0 bridgehead atoms. The Labute approximate surface area is 170 Å². The maximum atomic E-state index is 3.36. The standard InChI is InChI=1S/2C9H13.C2H7Si.2FH.Zr/c2*1-6-5-7(2)9(4)8(6)3;1-3-2;;;/h2*6H,1-4H3;3H,1-2H3;2*1H;/q2*-1;;;;+2. The van der Waals surface area contributed by atoms with E-state index < -0.39 is 0 Å². The molecule has 0 saturated carbocycles. The van der Waals surface area contributed by atoms with Crippen molar-refractivity contribution in [2.45, 2.75) is 68.5 Å². The minimum absolute atomic E-state index is 0. The Balaban J connectivity index is -0.000000130. The van der Waals surface area contributed by atoms with Crippen LogP contribution in [0.4, 0.5) is 9.41 Å². The van der Waals surface area contributed by atoms with E-state index >= 15 is 0 Å². The predicted octanol–water partition coefficient (Wildman–Crippen LogP) is 6.27. The molecule has 0 N–H and O–H groups in total. The molecule has 2 aliphatic rings. The van der Waals surface area contributed by atoms with Crippen molar-refractivity contribution >= 4 is 9.52 Å². The van der Waals surface area contributed by atoms with Gasteiger partial charge in [0, 0.05) is 9.52 Å². The van der Waals surface area contributed by atoms with Gasteiger partial charge in [-0.15, -0.1) is 13.8 Å². The molecule has 2 aliphatic carbocycles. The summed E-state index contributed by atoms with van der Waals surface area (Å²) in [5.41, 5.74) is 8.49. The molecule has 0 aromatic heterocycles. The first kappa shape index (κ1) is 31.7. The van der Waals surface area contributed by atoms with Gasteiger partial charge >= 0.3 is 26.2 Å². The molecule has 2 unspecified atom stereocenters. The van der Waals surface area contributed by atoms with Crippen LogP contribution in [-0.4, -0.2) is 9.52 Å². The molecule has 2 atom stereocenters. The topological polar surface area (TPSA) is 0 Å². The van der Waals surface area contributed by atoms with Crippen molar-refractivity contribution in [3.05, 3.63) is 45.6 Å². The second kappa shape index (κ2) is 15.2. The third-order valence-corrected chi connectivity index (χ3v) is 4.47. The van der Waals surface area contributed by atoms with Crippen LogP contribution in [0.1, 0.15) is 55.4 Å². The molecule has 1 radical (unpaired) electrons. The van der Waals surface area contributed by atoms with E-state index in [1.807, 2.05) is 0 Å². The van der Waals surface area contributed by atoms with Crippen LogP contribution in [0.25, 0.3) is 0 Å². The van der Waals surface area contributed by atoms with Crippen LogP contribution in [0.15, 0.2) is 33.4 Å². The van der Waals surface area contributed by atoms with Crippen molar-refractivity contribution in [2.75, 3.05) is 0 Å². The molecule has 0 aromatic carbocycles. The van der Waals surface area contributed by atoms with Gasteiger partial charge in [-0.2, -0.15) is 22.3 Å². The summed E-state index contributed by atoms with van der Waals surface area (Å²) < 4.78 is 0. The molecule has 0 aliphatic heterocycles. The zero-order valence-electron chi connectivity index (χ0n) is 17.0. The molecule has 0 fully saturated rings. The average Bonchev–Trinajstić information content (AvgIpc) is 2.77. The number of halogens is 2. The quantitative estimate of drug-likeness (QED) is 0.313. The molecule has 2 rings (SSSR count). The van der Waals surface area contributed by atoms with Crippen molar-refractivity contribution < 1.29 is 35.6 Å². The Hall–Kier alpha value is -0.0800. The Kier molecular flexibility index (Phi) is 20.1. The van der Waals surface area contributed by atoms with Crippen molar-refractivity contribution in [3.63, 3.8) is 0 Å². The summed E-state index contributed by atoms with van der Waals surface area (Å²) in [5.74, 6) is 1.12. The predicted molar refractivity (Wildman–Crippen MR) is 104 cm³/mol. The van der Waals surface area contributed by atoms with E-state index in [2.05, 4.69) is 80.6 Å². The molecule has 137 valence electrons. The van der Waals surface area contributed by atoms with Crippen molar-refractivity contribution in [2.24, 2.45) is 11.8 Å². The third-order valence-electron chi connectivity index (χ3n) is 4.47. The summed E-state index contributed by atoms with van der Waals surface area (Å²) in [4.78, 5) is 0. The Morgan fingerprint density at radius 1 is 0.667 bits per heavy atom. The normalized spacial score (nSPS) is 21.1. The first-order valence-electron chi connectivity index (χ1n) is 7.96. The summed E-state index contributed by atoms with van der Waals surface area (Å²) in [6, 6.07) is 0. The van der Waals surface area contributed by atoms with E-state index in [0.29, 0.717) is 11.8 Å². The van der Waals surface area contributed by atoms with E-state index in [4.69, 9.17) is 0 Å². The summed E-state index contributed by atoms with van der Waals surface area (Å²) in [7, 11) is 0.750. The van der Waals surface area contributed by atoms with Crippen molar-refractivity contribution in [1.82, 2.24) is 0 Å². The summed E-state index contributed by atoms with van der Waals surface area (Å²) in [6.07, 6.45) is 6.72. The van der Waals surface area contributed by atoms with Gasteiger partial charge in [-0.1, -0.05) is 66.5 Å². The SMILES string of the molecule is CC1=[C-]C(C)C(C)=C1C.CC1=[C-]C(C)C(C)=C1C.C[SiH]C.F.F.[Zr+2]. The van der Waals surface area contributed by atoms with E-state index in [1.54, 1.807) is 0 Å². The molecular weight excluding hydrogens is 398 g/mol. The fourth-order valence-corrected chi connectivity index (χ4v) is 2.32. The van der Waals surface area contributed by atoms with Crippen LogP contribution in [0.3, 0.4) is 0 Å². The first-order valence-corrected chi connectivity index (χ1v) is 10.3. The minimum Gasteiger partial charge on any atom is -0.269 e.